The molecule has 0 bridgehead atoms. The average Bonchev–Trinajstić information content (AvgIpc) is 4.03. The van der Waals surface area contributed by atoms with Crippen LogP contribution in [0.3, 0.4) is 0 Å². The molecule has 5 aliphatic rings. The summed E-state index contributed by atoms with van der Waals surface area (Å²) >= 11 is 3.96. The van der Waals surface area contributed by atoms with Crippen molar-refractivity contribution in [2.75, 3.05) is 4.90 Å². The Balaban J connectivity index is 0.981. The van der Waals surface area contributed by atoms with Crippen molar-refractivity contribution < 1.29 is 0 Å². The summed E-state index contributed by atoms with van der Waals surface area (Å²) in [5, 5.41) is 1.75. The topological polar surface area (TPSA) is 8.17 Å². The van der Waals surface area contributed by atoms with Gasteiger partial charge < -0.3 is 9.47 Å². The lowest BCUT2D eigenvalue weighted by atomic mass is 9.82. The van der Waals surface area contributed by atoms with Crippen molar-refractivity contribution in [2.24, 2.45) is 0 Å². The van der Waals surface area contributed by atoms with Crippen LogP contribution in [0, 0.1) is 0 Å². The lowest BCUT2D eigenvalue weighted by Crippen LogP contribution is -2.16. The van der Waals surface area contributed by atoms with E-state index in [0.717, 1.165) is 17.8 Å². The molecular formula is C57H42N2S2. The van der Waals surface area contributed by atoms with Gasteiger partial charge in [-0.15, -0.1) is 11.8 Å². The van der Waals surface area contributed by atoms with Crippen molar-refractivity contribution in [3.63, 3.8) is 0 Å². The van der Waals surface area contributed by atoms with Gasteiger partial charge in [0.2, 0.25) is 0 Å². The predicted molar refractivity (Wildman–Crippen MR) is 258 cm³/mol. The van der Waals surface area contributed by atoms with Crippen LogP contribution >= 0.6 is 23.5 Å². The van der Waals surface area contributed by atoms with Crippen LogP contribution in [0.2, 0.25) is 0 Å². The first-order valence-corrected chi connectivity index (χ1v) is 23.2. The van der Waals surface area contributed by atoms with E-state index in [-0.39, 0.29) is 5.41 Å². The molecule has 2 nitrogen and oxygen atoms in total. The van der Waals surface area contributed by atoms with Crippen LogP contribution < -0.4 is 4.90 Å². The van der Waals surface area contributed by atoms with Crippen LogP contribution in [0.1, 0.15) is 59.2 Å². The van der Waals surface area contributed by atoms with Gasteiger partial charge in [0.15, 0.2) is 0 Å². The number of anilines is 3. The van der Waals surface area contributed by atoms with Crippen molar-refractivity contribution in [1.29, 1.82) is 0 Å². The molecule has 0 N–H and O–H groups in total. The molecule has 8 aromatic rings. The van der Waals surface area contributed by atoms with E-state index in [4.69, 9.17) is 0 Å². The maximum Gasteiger partial charge on any atom is 0.0539 e. The average molecular weight is 819 g/mol. The molecule has 0 spiro atoms. The van der Waals surface area contributed by atoms with Gasteiger partial charge in [-0.3, -0.25) is 0 Å². The van der Waals surface area contributed by atoms with Crippen LogP contribution in [0.5, 0.6) is 0 Å². The predicted octanol–water partition coefficient (Wildman–Crippen LogP) is 15.5. The molecule has 13 rings (SSSR count). The summed E-state index contributed by atoms with van der Waals surface area (Å²) in [4.78, 5) is 6.75. The summed E-state index contributed by atoms with van der Waals surface area (Å²) in [6, 6.07) is 59.4. The highest BCUT2D eigenvalue weighted by Crippen LogP contribution is 2.56. The van der Waals surface area contributed by atoms with Gasteiger partial charge in [0, 0.05) is 78.1 Å². The quantitative estimate of drug-likeness (QED) is 0.171. The van der Waals surface area contributed by atoms with Gasteiger partial charge in [0.25, 0.3) is 0 Å². The molecule has 0 saturated carbocycles. The molecule has 3 heterocycles. The van der Waals surface area contributed by atoms with Gasteiger partial charge >= 0.3 is 0 Å². The van der Waals surface area contributed by atoms with Crippen molar-refractivity contribution in [3.8, 4) is 27.9 Å². The second kappa shape index (κ2) is 13.4. The number of hydrogen-bond acceptors (Lipinski definition) is 3. The van der Waals surface area contributed by atoms with Crippen molar-refractivity contribution in [2.45, 2.75) is 52.6 Å². The van der Waals surface area contributed by atoms with E-state index in [1.165, 1.54) is 92.7 Å². The van der Waals surface area contributed by atoms with Crippen LogP contribution in [0.15, 0.2) is 197 Å². The van der Waals surface area contributed by atoms with Gasteiger partial charge in [0.05, 0.1) is 5.52 Å². The highest BCUT2D eigenvalue weighted by atomic mass is 32.2. The SMILES string of the molecule is CC1(C)c2ccccc2-c2ccc(N(c3ccc(-c4cccc5c4SC4C=CC=CC54)cc3)c3ccc4c(c3)c3c(n4-c4ccccc4)CC4C(=C3)Sc3ccccc34)cc21. The zero-order chi connectivity index (χ0) is 40.4. The Bertz CT molecular complexity index is 3220. The Labute approximate surface area is 366 Å². The molecule has 0 radical (unpaired) electrons. The van der Waals surface area contributed by atoms with Crippen LogP contribution in [0.25, 0.3) is 44.9 Å². The van der Waals surface area contributed by atoms with Gasteiger partial charge in [-0.2, -0.15) is 0 Å². The van der Waals surface area contributed by atoms with Crippen LogP contribution in [-0.4, -0.2) is 9.82 Å². The first-order valence-electron chi connectivity index (χ1n) is 21.5. The molecular weight excluding hydrogens is 777 g/mol. The van der Waals surface area contributed by atoms with Crippen molar-refractivity contribution >= 4 is 57.6 Å². The number of nitrogens with zero attached hydrogens (tertiary/aromatic N) is 2. The Hall–Kier alpha value is -6.20. The molecule has 0 saturated heterocycles. The highest BCUT2D eigenvalue weighted by Gasteiger charge is 2.37. The number of para-hydroxylation sites is 1. The molecule has 4 heteroatoms. The summed E-state index contributed by atoms with van der Waals surface area (Å²) in [6.07, 6.45) is 12.6. The van der Waals surface area contributed by atoms with Crippen molar-refractivity contribution in [1.82, 2.24) is 4.57 Å². The summed E-state index contributed by atoms with van der Waals surface area (Å²) < 4.78 is 2.53. The van der Waals surface area contributed by atoms with Gasteiger partial charge in [-0.05, 0) is 116 Å². The van der Waals surface area contributed by atoms with E-state index >= 15 is 0 Å². The third-order valence-electron chi connectivity index (χ3n) is 13.9. The largest absolute Gasteiger partial charge is 0.313 e. The summed E-state index contributed by atoms with van der Waals surface area (Å²) in [7, 11) is 0. The molecule has 3 atom stereocenters. The third kappa shape index (κ3) is 5.32. The Morgan fingerprint density at radius 3 is 2.25 bits per heavy atom. The van der Waals surface area contributed by atoms with E-state index in [9.17, 15) is 0 Å². The number of benzene rings is 7. The fourth-order valence-corrected chi connectivity index (χ4v) is 13.7. The molecule has 292 valence electrons. The standard InChI is InChI=1S/C57H42N2S2/c1-57(2)49-20-9-6-15-41(49)42-29-27-39(32-50(42)57)58(37-25-23-35(24-26-37)40-18-12-19-45-43-16-7-11-22-54(43)61-56(40)45)38-28-30-51-46(31-38)47-34-55-48(44-17-8-10-21-53(44)60-55)33-52(47)59(51)36-13-4-3-5-14-36/h3-32,34,43,48,54H,33H2,1-2H3. The van der Waals surface area contributed by atoms with Crippen LogP contribution in [0.4, 0.5) is 17.1 Å². The Morgan fingerprint density at radius 2 is 1.34 bits per heavy atom. The van der Waals surface area contributed by atoms with Gasteiger partial charge in [-0.1, -0.05) is 147 Å². The molecule has 3 unspecified atom stereocenters. The summed E-state index contributed by atoms with van der Waals surface area (Å²) in [5.74, 6) is 0.825. The third-order valence-corrected chi connectivity index (χ3v) is 16.6. The number of rotatable bonds is 5. The number of fused-ring (bicyclic) bond motifs is 12. The maximum absolute atomic E-state index is 2.53. The molecule has 3 aliphatic carbocycles. The second-order valence-corrected chi connectivity index (χ2v) is 19.9. The van der Waals surface area contributed by atoms with E-state index < -0.39 is 0 Å². The number of hydrogen-bond donors (Lipinski definition) is 0. The smallest absolute Gasteiger partial charge is 0.0539 e. The lowest BCUT2D eigenvalue weighted by Gasteiger charge is -2.28. The monoisotopic (exact) mass is 818 g/mol. The molecule has 0 fully saturated rings. The summed E-state index contributed by atoms with van der Waals surface area (Å²) in [5.41, 5.74) is 19.5. The zero-order valence-electron chi connectivity index (χ0n) is 34.0. The second-order valence-electron chi connectivity index (χ2n) is 17.6. The number of thioether (sulfide) groups is 2. The minimum absolute atomic E-state index is 0.112. The highest BCUT2D eigenvalue weighted by molar-refractivity contribution is 8.03. The first kappa shape index (κ1) is 35.5. The van der Waals surface area contributed by atoms with Crippen LogP contribution in [-0.2, 0) is 11.8 Å². The fraction of sp³-hybridized carbons (Fsp3) is 0.123. The van der Waals surface area contributed by atoms with E-state index in [1.807, 2.05) is 23.5 Å². The normalized spacial score (nSPS) is 19.4. The van der Waals surface area contributed by atoms with Gasteiger partial charge in [-0.25, -0.2) is 0 Å². The molecule has 0 amide bonds. The van der Waals surface area contributed by atoms with E-state index in [2.05, 4.69) is 211 Å². The molecule has 2 aliphatic heterocycles. The summed E-state index contributed by atoms with van der Waals surface area (Å²) in [6.45, 7) is 4.76. The Kier molecular flexibility index (Phi) is 7.81. The van der Waals surface area contributed by atoms with Gasteiger partial charge in [0.1, 0.15) is 0 Å². The van der Waals surface area contributed by atoms with E-state index in [1.54, 1.807) is 0 Å². The first-order chi connectivity index (χ1) is 30.0. The maximum atomic E-state index is 2.53. The molecule has 61 heavy (non-hydrogen) atoms. The zero-order valence-corrected chi connectivity index (χ0v) is 35.7. The van der Waals surface area contributed by atoms with Crippen molar-refractivity contribution in [3.05, 3.63) is 220 Å². The lowest BCUT2D eigenvalue weighted by molar-refractivity contribution is 0.660. The molecule has 1 aromatic heterocycles. The minimum atomic E-state index is -0.112. The molecule has 7 aromatic carbocycles. The minimum Gasteiger partial charge on any atom is -0.313 e. The number of aromatic nitrogens is 1. The Morgan fingerprint density at radius 1 is 0.623 bits per heavy atom. The van der Waals surface area contributed by atoms with E-state index in [0.29, 0.717) is 17.1 Å². The number of allylic oxidation sites excluding steroid dienone is 4. The fourth-order valence-electron chi connectivity index (χ4n) is 11.0.